The standard InChI is InChI=1S/C13H17ClN2O2/c1-8-5-6-15-12(14)11(8)16-10-4-2-3-9(7-10)13(17)18/h5-6,9-10,16H,2-4,7H2,1H3,(H,17,18). The number of nitrogens with one attached hydrogen (secondary N) is 1. The highest BCUT2D eigenvalue weighted by Gasteiger charge is 2.27. The Balaban J connectivity index is 2.07. The van der Waals surface area contributed by atoms with Crippen molar-refractivity contribution in [2.24, 2.45) is 5.92 Å². The first-order valence-electron chi connectivity index (χ1n) is 6.18. The van der Waals surface area contributed by atoms with E-state index in [0.29, 0.717) is 11.6 Å². The Morgan fingerprint density at radius 2 is 2.33 bits per heavy atom. The average molecular weight is 269 g/mol. The van der Waals surface area contributed by atoms with Crippen LogP contribution in [0.15, 0.2) is 12.3 Å². The van der Waals surface area contributed by atoms with Gasteiger partial charge in [0.05, 0.1) is 11.6 Å². The van der Waals surface area contributed by atoms with Gasteiger partial charge < -0.3 is 10.4 Å². The maximum Gasteiger partial charge on any atom is 0.306 e. The first-order chi connectivity index (χ1) is 8.58. The fourth-order valence-corrected chi connectivity index (χ4v) is 2.71. The molecule has 0 amide bonds. The van der Waals surface area contributed by atoms with Crippen molar-refractivity contribution in [1.82, 2.24) is 4.98 Å². The van der Waals surface area contributed by atoms with Crippen LogP contribution < -0.4 is 5.32 Å². The summed E-state index contributed by atoms with van der Waals surface area (Å²) < 4.78 is 0. The number of rotatable bonds is 3. The number of aliphatic carboxylic acids is 1. The van der Waals surface area contributed by atoms with E-state index in [-0.39, 0.29) is 12.0 Å². The first kappa shape index (κ1) is 13.1. The number of carboxylic acids is 1. The van der Waals surface area contributed by atoms with Crippen molar-refractivity contribution >= 4 is 23.3 Å². The number of aromatic nitrogens is 1. The van der Waals surface area contributed by atoms with E-state index in [1.807, 2.05) is 13.0 Å². The minimum Gasteiger partial charge on any atom is -0.481 e. The van der Waals surface area contributed by atoms with Crippen molar-refractivity contribution in [2.45, 2.75) is 38.6 Å². The topological polar surface area (TPSA) is 62.2 Å². The number of pyridine rings is 1. The van der Waals surface area contributed by atoms with Gasteiger partial charge >= 0.3 is 5.97 Å². The van der Waals surface area contributed by atoms with Crippen LogP contribution in [-0.4, -0.2) is 22.1 Å². The minimum absolute atomic E-state index is 0.167. The van der Waals surface area contributed by atoms with Crippen molar-refractivity contribution in [2.75, 3.05) is 5.32 Å². The molecule has 18 heavy (non-hydrogen) atoms. The molecule has 5 heteroatoms. The Morgan fingerprint density at radius 1 is 1.56 bits per heavy atom. The van der Waals surface area contributed by atoms with Crippen molar-refractivity contribution in [1.29, 1.82) is 0 Å². The molecule has 2 rings (SSSR count). The Kier molecular flexibility index (Phi) is 4.07. The lowest BCUT2D eigenvalue weighted by Crippen LogP contribution is -2.31. The second kappa shape index (κ2) is 5.57. The lowest BCUT2D eigenvalue weighted by atomic mass is 9.85. The molecule has 1 heterocycles. The van der Waals surface area contributed by atoms with Gasteiger partial charge in [0, 0.05) is 12.2 Å². The van der Waals surface area contributed by atoms with E-state index in [1.165, 1.54) is 0 Å². The monoisotopic (exact) mass is 268 g/mol. The summed E-state index contributed by atoms with van der Waals surface area (Å²) in [5.74, 6) is -0.942. The summed E-state index contributed by atoms with van der Waals surface area (Å²) in [6.07, 6.45) is 5.01. The summed E-state index contributed by atoms with van der Waals surface area (Å²) in [7, 11) is 0. The zero-order valence-electron chi connectivity index (χ0n) is 10.3. The summed E-state index contributed by atoms with van der Waals surface area (Å²) in [5, 5.41) is 12.9. The molecule has 1 fully saturated rings. The molecule has 0 saturated heterocycles. The molecule has 0 spiro atoms. The van der Waals surface area contributed by atoms with Gasteiger partial charge in [-0.2, -0.15) is 0 Å². The van der Waals surface area contributed by atoms with E-state index >= 15 is 0 Å². The molecular weight excluding hydrogens is 252 g/mol. The number of hydrogen-bond donors (Lipinski definition) is 2. The smallest absolute Gasteiger partial charge is 0.306 e. The van der Waals surface area contributed by atoms with Crippen molar-refractivity contribution in [3.8, 4) is 0 Å². The molecule has 4 nitrogen and oxygen atoms in total. The zero-order chi connectivity index (χ0) is 13.1. The lowest BCUT2D eigenvalue weighted by Gasteiger charge is -2.28. The third-order valence-corrected chi connectivity index (χ3v) is 3.77. The molecule has 2 unspecified atom stereocenters. The Hall–Kier alpha value is -1.29. The predicted molar refractivity (Wildman–Crippen MR) is 71.0 cm³/mol. The largest absolute Gasteiger partial charge is 0.481 e. The number of hydrogen-bond acceptors (Lipinski definition) is 3. The molecule has 2 N–H and O–H groups in total. The number of anilines is 1. The van der Waals surface area contributed by atoms with Crippen LogP contribution >= 0.6 is 11.6 Å². The molecule has 1 aromatic rings. The maximum atomic E-state index is 11.0. The van der Waals surface area contributed by atoms with Gasteiger partial charge in [0.2, 0.25) is 0 Å². The molecule has 2 atom stereocenters. The SMILES string of the molecule is Cc1ccnc(Cl)c1NC1CCCC(C(=O)O)C1. The van der Waals surface area contributed by atoms with Crippen molar-refractivity contribution in [3.63, 3.8) is 0 Å². The number of nitrogens with zero attached hydrogens (tertiary/aromatic N) is 1. The van der Waals surface area contributed by atoms with Crippen LogP contribution in [0.5, 0.6) is 0 Å². The number of halogens is 1. The van der Waals surface area contributed by atoms with E-state index in [2.05, 4.69) is 10.3 Å². The van der Waals surface area contributed by atoms with Crippen molar-refractivity contribution in [3.05, 3.63) is 23.0 Å². The maximum absolute atomic E-state index is 11.0. The van der Waals surface area contributed by atoms with E-state index in [1.54, 1.807) is 6.20 Å². The zero-order valence-corrected chi connectivity index (χ0v) is 11.1. The molecule has 1 saturated carbocycles. The van der Waals surface area contributed by atoms with Crippen LogP contribution in [0.1, 0.15) is 31.2 Å². The highest BCUT2D eigenvalue weighted by molar-refractivity contribution is 6.32. The molecule has 0 radical (unpaired) electrons. The van der Waals surface area contributed by atoms with Gasteiger partial charge in [0.15, 0.2) is 5.15 Å². The molecule has 1 aliphatic rings. The Labute approximate surface area is 111 Å². The van der Waals surface area contributed by atoms with Crippen LogP contribution in [0.2, 0.25) is 5.15 Å². The van der Waals surface area contributed by atoms with Gasteiger partial charge in [0.1, 0.15) is 0 Å². The van der Waals surface area contributed by atoms with Crippen LogP contribution in [0.3, 0.4) is 0 Å². The van der Waals surface area contributed by atoms with E-state index < -0.39 is 5.97 Å². The van der Waals surface area contributed by atoms with Crippen molar-refractivity contribution < 1.29 is 9.90 Å². The molecule has 1 aromatic heterocycles. The van der Waals surface area contributed by atoms with Crippen LogP contribution in [-0.2, 0) is 4.79 Å². The van der Waals surface area contributed by atoms with E-state index in [4.69, 9.17) is 16.7 Å². The second-order valence-electron chi connectivity index (χ2n) is 4.84. The van der Waals surface area contributed by atoms with Gasteiger partial charge in [-0.05, 0) is 37.8 Å². The quantitative estimate of drug-likeness (QED) is 0.827. The molecular formula is C13H17ClN2O2. The summed E-state index contributed by atoms with van der Waals surface area (Å²) >= 11 is 6.06. The van der Waals surface area contributed by atoms with Gasteiger partial charge in [-0.3, -0.25) is 4.79 Å². The van der Waals surface area contributed by atoms with E-state index in [0.717, 1.165) is 30.5 Å². The highest BCUT2D eigenvalue weighted by atomic mass is 35.5. The Morgan fingerprint density at radius 3 is 3.00 bits per heavy atom. The fourth-order valence-electron chi connectivity index (χ4n) is 2.45. The van der Waals surface area contributed by atoms with Gasteiger partial charge in [-0.15, -0.1) is 0 Å². The van der Waals surface area contributed by atoms with Crippen LogP contribution in [0.25, 0.3) is 0 Å². The van der Waals surface area contributed by atoms with E-state index in [9.17, 15) is 4.79 Å². The highest BCUT2D eigenvalue weighted by Crippen LogP contribution is 2.30. The normalized spacial score (nSPS) is 23.7. The molecule has 1 aliphatic carbocycles. The molecule has 0 bridgehead atoms. The van der Waals surface area contributed by atoms with Gasteiger partial charge in [-0.1, -0.05) is 18.0 Å². The number of carboxylic acid groups (broad SMARTS) is 1. The minimum atomic E-state index is -0.699. The Bertz CT molecular complexity index is 430. The third kappa shape index (κ3) is 2.93. The summed E-state index contributed by atoms with van der Waals surface area (Å²) in [4.78, 5) is 15.1. The molecule has 0 aromatic carbocycles. The van der Waals surface area contributed by atoms with Crippen LogP contribution in [0, 0.1) is 12.8 Å². The number of carbonyl (C=O) groups is 1. The van der Waals surface area contributed by atoms with Crippen LogP contribution in [0.4, 0.5) is 5.69 Å². The summed E-state index contributed by atoms with van der Waals surface area (Å²) in [6.45, 7) is 1.97. The lowest BCUT2D eigenvalue weighted by molar-refractivity contribution is -0.142. The molecule has 98 valence electrons. The average Bonchev–Trinajstić information content (AvgIpc) is 2.34. The number of aryl methyl sites for hydroxylation is 1. The fraction of sp³-hybridized carbons (Fsp3) is 0.538. The second-order valence-corrected chi connectivity index (χ2v) is 5.19. The predicted octanol–water partition coefficient (Wildman–Crippen LogP) is 3.10. The summed E-state index contributed by atoms with van der Waals surface area (Å²) in [6, 6.07) is 2.06. The summed E-state index contributed by atoms with van der Waals surface area (Å²) in [5.41, 5.74) is 1.86. The molecule has 0 aliphatic heterocycles. The van der Waals surface area contributed by atoms with Gasteiger partial charge in [-0.25, -0.2) is 4.98 Å². The third-order valence-electron chi connectivity index (χ3n) is 3.48. The van der Waals surface area contributed by atoms with Gasteiger partial charge in [0.25, 0.3) is 0 Å². The first-order valence-corrected chi connectivity index (χ1v) is 6.56.